The van der Waals surface area contributed by atoms with Crippen molar-refractivity contribution in [1.29, 1.82) is 0 Å². The average Bonchev–Trinajstić information content (AvgIpc) is 3.92. The van der Waals surface area contributed by atoms with E-state index in [1.54, 1.807) is 0 Å². The number of rotatable bonds is 8. The van der Waals surface area contributed by atoms with Crippen LogP contribution in [0.5, 0.6) is 0 Å². The number of hydrogen-bond donors (Lipinski definition) is 0. The molecule has 1 radical (unpaired) electrons. The normalized spacial score (nSPS) is 11.1. The van der Waals surface area contributed by atoms with Crippen LogP contribution in [0, 0.1) is 0 Å². The molecule has 0 nitrogen and oxygen atoms in total. The van der Waals surface area contributed by atoms with E-state index in [1.807, 2.05) is 0 Å². The molecule has 245 valence electrons. The van der Waals surface area contributed by atoms with Gasteiger partial charge in [0, 0.05) is 22.2 Å². The second kappa shape index (κ2) is 15.6. The number of hydrogen-bond acceptors (Lipinski definition) is 0. The molecule has 0 saturated carbocycles. The Hall–Kier alpha value is -5.47. The van der Waals surface area contributed by atoms with E-state index in [4.69, 9.17) is 0 Å². The van der Waals surface area contributed by atoms with Gasteiger partial charge < -0.3 is 29.8 Å². The molecule has 8 rings (SSSR count). The van der Waals surface area contributed by atoms with E-state index in [0.29, 0.717) is 0 Å². The summed E-state index contributed by atoms with van der Waals surface area (Å²) >= 11 is 0. The molecule has 0 saturated heterocycles. The van der Waals surface area contributed by atoms with Gasteiger partial charge in [0.05, 0.1) is 0 Å². The largest absolute Gasteiger partial charge is 0.748 e. The molecule has 0 N–H and O–H groups in total. The van der Waals surface area contributed by atoms with Crippen LogP contribution >= 0.6 is 0 Å². The van der Waals surface area contributed by atoms with Crippen LogP contribution < -0.4 is 0 Å². The van der Waals surface area contributed by atoms with Gasteiger partial charge in [-0.3, -0.25) is 0 Å². The average molecular weight is 674 g/mol. The van der Waals surface area contributed by atoms with E-state index >= 15 is 0 Å². The molecule has 0 aromatic heterocycles. The van der Waals surface area contributed by atoms with Gasteiger partial charge in [-0.15, -0.1) is 11.0 Å². The Labute approximate surface area is 301 Å². The quantitative estimate of drug-likeness (QED) is 0.111. The van der Waals surface area contributed by atoms with Gasteiger partial charge in [-0.25, -0.2) is 12.1 Å². The topological polar surface area (TPSA) is 0 Å². The molecule has 0 amide bonds. The molecule has 8 aromatic rings. The van der Waals surface area contributed by atoms with Crippen LogP contribution in [-0.4, -0.2) is 0 Å². The minimum absolute atomic E-state index is 0. The standard InChI is InChI=1S/2C24H19.Co/c2*1-4-12-20(13-5-1)24(23-18-10-11-19-23,21-14-6-2-7-15-21)22-16-8-3-9-17-22;/h2*1-19H;/q-5;-1;. The van der Waals surface area contributed by atoms with Gasteiger partial charge in [0.25, 0.3) is 0 Å². The molecule has 8 aromatic carbocycles. The van der Waals surface area contributed by atoms with E-state index in [9.17, 15) is 0 Å². The Kier molecular flexibility index (Phi) is 10.7. The van der Waals surface area contributed by atoms with Crippen LogP contribution in [-0.2, 0) is 27.6 Å². The first-order chi connectivity index (χ1) is 23.8. The molecular weight excluding hydrogens is 635 g/mol. The van der Waals surface area contributed by atoms with Crippen molar-refractivity contribution in [3.63, 3.8) is 0 Å². The zero-order valence-corrected chi connectivity index (χ0v) is 28.3. The molecule has 0 heterocycles. The first kappa shape index (κ1) is 33.4. The zero-order valence-electron chi connectivity index (χ0n) is 27.3. The minimum Gasteiger partial charge on any atom is -0.748 e. The van der Waals surface area contributed by atoms with Gasteiger partial charge in [-0.2, -0.15) is 12.1 Å². The monoisotopic (exact) mass is 673 g/mol. The van der Waals surface area contributed by atoms with Crippen molar-refractivity contribution < 1.29 is 16.8 Å². The van der Waals surface area contributed by atoms with Gasteiger partial charge in [-0.05, 0) is 16.7 Å². The first-order valence-electron chi connectivity index (χ1n) is 16.6. The molecule has 0 spiro atoms. The molecule has 0 fully saturated rings. The van der Waals surface area contributed by atoms with Crippen molar-refractivity contribution in [3.8, 4) is 0 Å². The smallest absolute Gasteiger partial charge is 0.0257 e. The Morgan fingerprint density at radius 2 is 0.551 bits per heavy atom. The maximum Gasteiger partial charge on any atom is 0.0257 e. The van der Waals surface area contributed by atoms with Crippen molar-refractivity contribution in [2.75, 3.05) is 0 Å². The van der Waals surface area contributed by atoms with Crippen molar-refractivity contribution in [1.82, 2.24) is 0 Å². The summed E-state index contributed by atoms with van der Waals surface area (Å²) in [5.74, 6) is 0. The summed E-state index contributed by atoms with van der Waals surface area (Å²) in [7, 11) is 0. The Morgan fingerprint density at radius 1 is 0.306 bits per heavy atom. The Morgan fingerprint density at radius 3 is 0.816 bits per heavy atom. The molecule has 0 aliphatic carbocycles. The van der Waals surface area contributed by atoms with Gasteiger partial charge >= 0.3 is 0 Å². The van der Waals surface area contributed by atoms with Crippen molar-refractivity contribution in [2.45, 2.75) is 10.8 Å². The maximum absolute atomic E-state index is 2.23. The van der Waals surface area contributed by atoms with Crippen molar-refractivity contribution in [2.24, 2.45) is 0 Å². The van der Waals surface area contributed by atoms with Gasteiger partial charge in [-0.1, -0.05) is 199 Å². The van der Waals surface area contributed by atoms with Crippen LogP contribution in [0.25, 0.3) is 0 Å². The predicted octanol–water partition coefficient (Wildman–Crippen LogP) is 11.6. The molecule has 49 heavy (non-hydrogen) atoms. The molecule has 0 aliphatic heterocycles. The van der Waals surface area contributed by atoms with Crippen LogP contribution in [0.15, 0.2) is 231 Å². The summed E-state index contributed by atoms with van der Waals surface area (Å²) in [6, 6.07) is 82.1. The van der Waals surface area contributed by atoms with E-state index < -0.39 is 0 Å². The molecule has 0 aliphatic rings. The maximum atomic E-state index is 2.23. The summed E-state index contributed by atoms with van der Waals surface area (Å²) in [4.78, 5) is 0. The van der Waals surface area contributed by atoms with Crippen LogP contribution in [0.2, 0.25) is 0 Å². The van der Waals surface area contributed by atoms with Gasteiger partial charge in [0.15, 0.2) is 0 Å². The van der Waals surface area contributed by atoms with Crippen LogP contribution in [0.4, 0.5) is 0 Å². The Bertz CT molecular complexity index is 1720. The van der Waals surface area contributed by atoms with Crippen LogP contribution in [0.3, 0.4) is 0 Å². The molecule has 1 heteroatoms. The molecule has 0 unspecified atom stereocenters. The van der Waals surface area contributed by atoms with Gasteiger partial charge in [0.1, 0.15) is 0 Å². The fourth-order valence-electron chi connectivity index (χ4n) is 7.38. The summed E-state index contributed by atoms with van der Waals surface area (Å²) in [6.45, 7) is 0. The fourth-order valence-corrected chi connectivity index (χ4v) is 7.38. The molecule has 0 atom stereocenters. The van der Waals surface area contributed by atoms with E-state index in [2.05, 4.69) is 231 Å². The summed E-state index contributed by atoms with van der Waals surface area (Å²) in [5, 5.41) is 0. The molecule has 0 bridgehead atoms. The van der Waals surface area contributed by atoms with E-state index in [-0.39, 0.29) is 27.6 Å². The van der Waals surface area contributed by atoms with Crippen LogP contribution in [0.1, 0.15) is 44.5 Å². The molecular formula is C48H38Co-6. The predicted molar refractivity (Wildman–Crippen MR) is 201 cm³/mol. The van der Waals surface area contributed by atoms with Gasteiger partial charge in [0.2, 0.25) is 0 Å². The van der Waals surface area contributed by atoms with E-state index in [0.717, 1.165) is 0 Å². The zero-order chi connectivity index (χ0) is 32.5. The fraction of sp³-hybridized carbons (Fsp3) is 0.0417. The third kappa shape index (κ3) is 6.39. The van der Waals surface area contributed by atoms with Crippen molar-refractivity contribution >= 4 is 0 Å². The van der Waals surface area contributed by atoms with Crippen molar-refractivity contribution in [3.05, 3.63) is 275 Å². The second-order valence-corrected chi connectivity index (χ2v) is 12.0. The summed E-state index contributed by atoms with van der Waals surface area (Å²) in [5.41, 5.74) is 9.71. The first-order valence-corrected chi connectivity index (χ1v) is 16.6. The SMILES string of the molecule is [Co].c1ccc(C(c2ccccc2)(c2ccccc2)[c-]2[cH-][cH-][cH-][cH-]2)cc1.c1ccc(C(c2ccccc2)(c2ccccc2)[c-]2cccc2)cc1. The third-order valence-electron chi connectivity index (χ3n) is 9.43. The third-order valence-corrected chi connectivity index (χ3v) is 9.43. The minimum atomic E-state index is -0.298. The van der Waals surface area contributed by atoms with E-state index in [1.165, 1.54) is 44.5 Å². The summed E-state index contributed by atoms with van der Waals surface area (Å²) in [6.07, 6.45) is 0. The second-order valence-electron chi connectivity index (χ2n) is 12.0. The summed E-state index contributed by atoms with van der Waals surface area (Å²) < 4.78 is 0. The Balaban J connectivity index is 0.000000167. The number of benzene rings is 6.